The number of fused-ring (bicyclic) bond motifs is 1. The fourth-order valence-electron chi connectivity index (χ4n) is 3.83. The number of rotatable bonds is 6. The van der Waals surface area contributed by atoms with Gasteiger partial charge >= 0.3 is 0 Å². The molecule has 0 saturated carbocycles. The van der Waals surface area contributed by atoms with Crippen LogP contribution in [0.25, 0.3) is 27.7 Å². The average Bonchev–Trinajstić information content (AvgIpc) is 3.25. The molecule has 1 aliphatic heterocycles. The fourth-order valence-corrected chi connectivity index (χ4v) is 3.83. The summed E-state index contributed by atoms with van der Waals surface area (Å²) in [5.74, 6) is 0.631. The molecule has 0 bridgehead atoms. The minimum absolute atomic E-state index is 0.0941. The Hall–Kier alpha value is -3.43. The summed E-state index contributed by atoms with van der Waals surface area (Å²) < 4.78 is 11.5. The van der Waals surface area contributed by atoms with E-state index < -0.39 is 0 Å². The largest absolute Gasteiger partial charge is 0.489 e. The summed E-state index contributed by atoms with van der Waals surface area (Å²) in [4.78, 5) is 12.2. The summed E-state index contributed by atoms with van der Waals surface area (Å²) >= 11 is 0. The molecule has 4 rings (SSSR count). The maximum Gasteiger partial charge on any atom is 0.138 e. The maximum atomic E-state index is 9.73. The first-order chi connectivity index (χ1) is 15.2. The van der Waals surface area contributed by atoms with Crippen molar-refractivity contribution in [2.75, 3.05) is 13.2 Å². The van der Waals surface area contributed by atoms with Gasteiger partial charge in [-0.15, -0.1) is 0 Å². The van der Waals surface area contributed by atoms with Gasteiger partial charge in [0.15, 0.2) is 0 Å². The van der Waals surface area contributed by atoms with Gasteiger partial charge in [0, 0.05) is 42.5 Å². The van der Waals surface area contributed by atoms with Crippen LogP contribution in [0.3, 0.4) is 0 Å². The molecule has 2 aromatic heterocycles. The van der Waals surface area contributed by atoms with Crippen molar-refractivity contribution in [2.45, 2.75) is 39.2 Å². The van der Waals surface area contributed by atoms with Gasteiger partial charge in [0.2, 0.25) is 0 Å². The van der Waals surface area contributed by atoms with Gasteiger partial charge in [0.1, 0.15) is 23.6 Å². The Morgan fingerprint density at radius 1 is 1.32 bits per heavy atom. The molecule has 158 valence electrons. The van der Waals surface area contributed by atoms with Crippen LogP contribution in [-0.4, -0.2) is 35.5 Å². The number of pyridine rings is 1. The van der Waals surface area contributed by atoms with Crippen molar-refractivity contribution in [3.63, 3.8) is 0 Å². The molecule has 0 amide bonds. The van der Waals surface area contributed by atoms with E-state index in [1.54, 1.807) is 12.4 Å². The van der Waals surface area contributed by atoms with E-state index in [1.807, 2.05) is 37.4 Å². The van der Waals surface area contributed by atoms with Gasteiger partial charge < -0.3 is 14.5 Å². The SMILES string of the molecule is CC=N/C=C(\CC)c1cc2c(-c3ccc(OC4CCOCC4)c(C#N)c3)ccnc2[nH]1. The minimum Gasteiger partial charge on any atom is -0.489 e. The molecule has 0 radical (unpaired) electrons. The summed E-state index contributed by atoms with van der Waals surface area (Å²) in [7, 11) is 0. The second-order valence-electron chi connectivity index (χ2n) is 7.47. The van der Waals surface area contributed by atoms with Gasteiger partial charge in [-0.1, -0.05) is 13.0 Å². The lowest BCUT2D eigenvalue weighted by Gasteiger charge is -2.23. The molecule has 6 nitrogen and oxygen atoms in total. The number of ether oxygens (including phenoxy) is 2. The number of nitrogens with one attached hydrogen (secondary N) is 1. The third-order valence-electron chi connectivity index (χ3n) is 5.51. The quantitative estimate of drug-likeness (QED) is 0.540. The highest BCUT2D eigenvalue weighted by Gasteiger charge is 2.18. The second kappa shape index (κ2) is 9.59. The Bertz CT molecular complexity index is 1160. The second-order valence-corrected chi connectivity index (χ2v) is 7.47. The number of aromatic amines is 1. The topological polar surface area (TPSA) is 83.3 Å². The van der Waals surface area contributed by atoms with E-state index in [2.05, 4.69) is 34.0 Å². The van der Waals surface area contributed by atoms with Gasteiger partial charge in [-0.05, 0) is 54.3 Å². The standard InChI is InChI=1S/C25H26N4O2/c1-3-17(16-27-4-2)23-14-22-21(7-10-28-25(22)29-23)18-5-6-24(19(13-18)15-26)31-20-8-11-30-12-9-20/h4-7,10,13-14,16,20H,3,8-9,11-12H2,1-2H3,(H,28,29)/b17-16+,27-4?. The molecule has 1 aromatic carbocycles. The number of allylic oxidation sites excluding steroid dienone is 1. The minimum atomic E-state index is 0.0941. The summed E-state index contributed by atoms with van der Waals surface area (Å²) in [5.41, 5.74) is 5.45. The van der Waals surface area contributed by atoms with Crippen LogP contribution in [-0.2, 0) is 4.74 Å². The van der Waals surface area contributed by atoms with Crippen LogP contribution in [0, 0.1) is 11.3 Å². The van der Waals surface area contributed by atoms with E-state index in [4.69, 9.17) is 9.47 Å². The molecule has 1 saturated heterocycles. The summed E-state index contributed by atoms with van der Waals surface area (Å²) in [6.07, 6.45) is 8.08. The Morgan fingerprint density at radius 2 is 2.16 bits per heavy atom. The number of hydrogen-bond donors (Lipinski definition) is 1. The molecule has 0 unspecified atom stereocenters. The van der Waals surface area contributed by atoms with Crippen LogP contribution in [0.2, 0.25) is 0 Å². The predicted molar refractivity (Wildman–Crippen MR) is 123 cm³/mol. The highest BCUT2D eigenvalue weighted by atomic mass is 16.5. The van der Waals surface area contributed by atoms with Gasteiger partial charge in [0.25, 0.3) is 0 Å². The zero-order chi connectivity index (χ0) is 21.6. The Morgan fingerprint density at radius 3 is 2.90 bits per heavy atom. The third kappa shape index (κ3) is 4.52. The van der Waals surface area contributed by atoms with Crippen molar-refractivity contribution in [3.8, 4) is 22.9 Å². The Kier molecular flexibility index (Phi) is 6.44. The first-order valence-electron chi connectivity index (χ1n) is 10.7. The molecule has 1 N–H and O–H groups in total. The van der Waals surface area contributed by atoms with Crippen LogP contribution in [0.1, 0.15) is 44.4 Å². The average molecular weight is 415 g/mol. The number of nitriles is 1. The molecule has 0 aliphatic carbocycles. The van der Waals surface area contributed by atoms with Gasteiger partial charge in [-0.2, -0.15) is 5.26 Å². The first kappa shape index (κ1) is 20.8. The van der Waals surface area contributed by atoms with E-state index in [0.29, 0.717) is 24.5 Å². The number of H-pyrrole nitrogens is 1. The molecule has 0 spiro atoms. The molecule has 3 aromatic rings. The third-order valence-corrected chi connectivity index (χ3v) is 5.51. The molecule has 31 heavy (non-hydrogen) atoms. The van der Waals surface area contributed by atoms with Crippen molar-refractivity contribution in [1.29, 1.82) is 5.26 Å². The first-order valence-corrected chi connectivity index (χ1v) is 10.7. The highest BCUT2D eigenvalue weighted by molar-refractivity contribution is 5.95. The zero-order valence-corrected chi connectivity index (χ0v) is 17.9. The summed E-state index contributed by atoms with van der Waals surface area (Å²) in [6, 6.07) is 12.2. The van der Waals surface area contributed by atoms with E-state index in [1.165, 1.54) is 0 Å². The van der Waals surface area contributed by atoms with Crippen LogP contribution < -0.4 is 4.74 Å². The molecule has 1 fully saturated rings. The van der Waals surface area contributed by atoms with Crippen molar-refractivity contribution >= 4 is 22.8 Å². The number of aromatic nitrogens is 2. The Labute approximate surface area is 182 Å². The van der Waals surface area contributed by atoms with Gasteiger partial charge in [-0.25, -0.2) is 4.98 Å². The van der Waals surface area contributed by atoms with Crippen LogP contribution in [0.5, 0.6) is 5.75 Å². The lowest BCUT2D eigenvalue weighted by Crippen LogP contribution is -2.26. The number of aliphatic imine (C=N–C) groups is 1. The highest BCUT2D eigenvalue weighted by Crippen LogP contribution is 2.33. The van der Waals surface area contributed by atoms with Crippen molar-refractivity contribution in [2.24, 2.45) is 4.99 Å². The van der Waals surface area contributed by atoms with E-state index >= 15 is 0 Å². The zero-order valence-electron chi connectivity index (χ0n) is 17.9. The van der Waals surface area contributed by atoms with E-state index in [9.17, 15) is 5.26 Å². The summed E-state index contributed by atoms with van der Waals surface area (Å²) in [6.45, 7) is 5.41. The predicted octanol–water partition coefficient (Wildman–Crippen LogP) is 5.50. The molecular weight excluding hydrogens is 388 g/mol. The normalized spacial score (nSPS) is 15.5. The van der Waals surface area contributed by atoms with Crippen LogP contribution in [0.4, 0.5) is 0 Å². The van der Waals surface area contributed by atoms with Crippen molar-refractivity contribution in [3.05, 3.63) is 54.0 Å². The van der Waals surface area contributed by atoms with E-state index in [0.717, 1.165) is 52.7 Å². The summed E-state index contributed by atoms with van der Waals surface area (Å²) in [5, 5.41) is 10.7. The maximum absolute atomic E-state index is 9.73. The lowest BCUT2D eigenvalue weighted by molar-refractivity contribution is 0.0254. The molecular formula is C25H26N4O2. The molecule has 1 aliphatic rings. The molecule has 6 heteroatoms. The van der Waals surface area contributed by atoms with Crippen LogP contribution in [0.15, 0.2) is 47.7 Å². The van der Waals surface area contributed by atoms with Crippen molar-refractivity contribution < 1.29 is 9.47 Å². The monoisotopic (exact) mass is 414 g/mol. The molecule has 0 atom stereocenters. The number of hydrogen-bond acceptors (Lipinski definition) is 5. The lowest BCUT2D eigenvalue weighted by atomic mass is 10.0. The fraction of sp³-hybridized carbons (Fsp3) is 0.320. The number of nitrogens with zero attached hydrogens (tertiary/aromatic N) is 3. The Balaban J connectivity index is 1.70. The van der Waals surface area contributed by atoms with Crippen LogP contribution >= 0.6 is 0 Å². The molecule has 3 heterocycles. The van der Waals surface area contributed by atoms with Gasteiger partial charge in [-0.3, -0.25) is 4.99 Å². The van der Waals surface area contributed by atoms with Gasteiger partial charge in [0.05, 0.1) is 18.8 Å². The smallest absolute Gasteiger partial charge is 0.138 e. The van der Waals surface area contributed by atoms with E-state index in [-0.39, 0.29) is 6.10 Å². The van der Waals surface area contributed by atoms with Crippen molar-refractivity contribution in [1.82, 2.24) is 9.97 Å². The number of benzene rings is 1.